The summed E-state index contributed by atoms with van der Waals surface area (Å²) in [6.45, 7) is 0.103. The smallest absolute Gasteiger partial charge is 0.264 e. The fourth-order valence-corrected chi connectivity index (χ4v) is 4.13. The Kier molecular flexibility index (Phi) is 5.68. The SMILES string of the molecule is COc1ccc(CN(c2ccc(Cl)cc2)S(=O)(=O)c2ccc(F)cc2)cc1. The van der Waals surface area contributed by atoms with Crippen LogP contribution < -0.4 is 9.04 Å². The van der Waals surface area contributed by atoms with Crippen LogP contribution >= 0.6 is 11.6 Å². The minimum absolute atomic E-state index is 0.00682. The van der Waals surface area contributed by atoms with E-state index < -0.39 is 15.8 Å². The first-order valence-electron chi connectivity index (χ1n) is 8.07. The van der Waals surface area contributed by atoms with Crippen LogP contribution in [0, 0.1) is 5.82 Å². The molecule has 0 fully saturated rings. The molecule has 0 N–H and O–H groups in total. The monoisotopic (exact) mass is 405 g/mol. The largest absolute Gasteiger partial charge is 0.497 e. The molecule has 0 radical (unpaired) electrons. The van der Waals surface area contributed by atoms with E-state index in [9.17, 15) is 12.8 Å². The van der Waals surface area contributed by atoms with Crippen molar-refractivity contribution in [1.29, 1.82) is 0 Å². The molecule has 0 aromatic heterocycles. The minimum atomic E-state index is -3.91. The molecule has 4 nitrogen and oxygen atoms in total. The van der Waals surface area contributed by atoms with Crippen molar-refractivity contribution in [2.24, 2.45) is 0 Å². The normalized spacial score (nSPS) is 11.2. The van der Waals surface area contributed by atoms with Gasteiger partial charge in [-0.2, -0.15) is 0 Å². The van der Waals surface area contributed by atoms with Crippen molar-refractivity contribution in [2.75, 3.05) is 11.4 Å². The van der Waals surface area contributed by atoms with Gasteiger partial charge in [-0.15, -0.1) is 0 Å². The fraction of sp³-hybridized carbons (Fsp3) is 0.100. The van der Waals surface area contributed by atoms with Gasteiger partial charge in [0.25, 0.3) is 10.0 Å². The number of rotatable bonds is 6. The van der Waals surface area contributed by atoms with Gasteiger partial charge in [-0.25, -0.2) is 12.8 Å². The molecule has 0 heterocycles. The zero-order valence-electron chi connectivity index (χ0n) is 14.5. The van der Waals surface area contributed by atoms with Crippen LogP contribution in [0.1, 0.15) is 5.56 Å². The lowest BCUT2D eigenvalue weighted by Crippen LogP contribution is -2.30. The lowest BCUT2D eigenvalue weighted by molar-refractivity contribution is 0.414. The lowest BCUT2D eigenvalue weighted by atomic mass is 10.2. The average Bonchev–Trinajstić information content (AvgIpc) is 2.68. The maximum Gasteiger partial charge on any atom is 0.264 e. The Labute approximate surface area is 162 Å². The zero-order chi connectivity index (χ0) is 19.4. The van der Waals surface area contributed by atoms with E-state index in [2.05, 4.69) is 0 Å². The van der Waals surface area contributed by atoms with Gasteiger partial charge in [-0.05, 0) is 66.2 Å². The van der Waals surface area contributed by atoms with Gasteiger partial charge in [0.1, 0.15) is 11.6 Å². The molecular formula is C20H17ClFNO3S. The van der Waals surface area contributed by atoms with E-state index in [4.69, 9.17) is 16.3 Å². The molecule has 7 heteroatoms. The molecule has 3 aromatic rings. The number of hydrogen-bond donors (Lipinski definition) is 0. The maximum absolute atomic E-state index is 13.2. The van der Waals surface area contributed by atoms with Crippen LogP contribution in [0.2, 0.25) is 5.02 Å². The van der Waals surface area contributed by atoms with Gasteiger partial charge in [-0.1, -0.05) is 23.7 Å². The summed E-state index contributed by atoms with van der Waals surface area (Å²) >= 11 is 5.94. The van der Waals surface area contributed by atoms with Crippen LogP contribution in [0.5, 0.6) is 5.75 Å². The third-order valence-electron chi connectivity index (χ3n) is 4.00. The number of benzene rings is 3. The summed E-state index contributed by atoms with van der Waals surface area (Å²) in [4.78, 5) is 0.00682. The third-order valence-corrected chi connectivity index (χ3v) is 6.04. The molecule has 3 rings (SSSR count). The van der Waals surface area contributed by atoms with Crippen molar-refractivity contribution in [3.05, 3.63) is 89.2 Å². The van der Waals surface area contributed by atoms with Crippen molar-refractivity contribution < 1.29 is 17.5 Å². The van der Waals surface area contributed by atoms with E-state index in [-0.39, 0.29) is 11.4 Å². The number of methoxy groups -OCH3 is 1. The number of sulfonamides is 1. The third kappa shape index (κ3) is 4.40. The molecule has 140 valence electrons. The van der Waals surface area contributed by atoms with Crippen molar-refractivity contribution in [1.82, 2.24) is 0 Å². The number of nitrogens with zero attached hydrogens (tertiary/aromatic N) is 1. The highest BCUT2D eigenvalue weighted by Gasteiger charge is 2.25. The Balaban J connectivity index is 2.03. The molecule has 0 amide bonds. The quantitative estimate of drug-likeness (QED) is 0.587. The van der Waals surface area contributed by atoms with Crippen LogP contribution in [0.4, 0.5) is 10.1 Å². The van der Waals surface area contributed by atoms with E-state index in [0.29, 0.717) is 16.5 Å². The summed E-state index contributed by atoms with van der Waals surface area (Å²) < 4.78 is 46.0. The number of anilines is 1. The molecule has 0 aliphatic carbocycles. The molecule has 0 aliphatic rings. The first kappa shape index (κ1) is 19.2. The summed E-state index contributed by atoms with van der Waals surface area (Å²) in [6, 6.07) is 18.4. The van der Waals surface area contributed by atoms with Crippen LogP contribution in [0.15, 0.2) is 77.7 Å². The van der Waals surface area contributed by atoms with Crippen LogP contribution in [0.3, 0.4) is 0 Å². The lowest BCUT2D eigenvalue weighted by Gasteiger charge is -2.25. The molecule has 3 aromatic carbocycles. The molecule has 0 bridgehead atoms. The predicted octanol–water partition coefficient (Wildman–Crippen LogP) is 4.88. The second-order valence-electron chi connectivity index (χ2n) is 5.79. The molecule has 0 saturated carbocycles. The number of halogens is 2. The van der Waals surface area contributed by atoms with Gasteiger partial charge in [0.05, 0.1) is 24.2 Å². The molecule has 0 spiro atoms. The van der Waals surface area contributed by atoms with Gasteiger partial charge >= 0.3 is 0 Å². The van der Waals surface area contributed by atoms with Crippen LogP contribution in [-0.4, -0.2) is 15.5 Å². The second-order valence-corrected chi connectivity index (χ2v) is 8.09. The Morgan fingerprint density at radius 3 is 2.07 bits per heavy atom. The summed E-state index contributed by atoms with van der Waals surface area (Å²) in [7, 11) is -2.34. The van der Waals surface area contributed by atoms with E-state index in [1.807, 2.05) is 0 Å². The second kappa shape index (κ2) is 7.98. The number of hydrogen-bond acceptors (Lipinski definition) is 3. The summed E-state index contributed by atoms with van der Waals surface area (Å²) in [5.41, 5.74) is 1.23. The van der Waals surface area contributed by atoms with E-state index in [1.54, 1.807) is 55.6 Å². The van der Waals surface area contributed by atoms with Gasteiger partial charge in [-0.3, -0.25) is 4.31 Å². The standard InChI is InChI=1S/C20H17ClFNO3S/c1-26-19-10-2-15(3-11-19)14-23(18-8-4-16(21)5-9-18)27(24,25)20-12-6-17(22)7-13-20/h2-13H,14H2,1H3. The van der Waals surface area contributed by atoms with E-state index >= 15 is 0 Å². The first-order valence-corrected chi connectivity index (χ1v) is 9.89. The Hall–Kier alpha value is -2.57. The highest BCUT2D eigenvalue weighted by Crippen LogP contribution is 2.28. The van der Waals surface area contributed by atoms with Crippen molar-refractivity contribution in [3.63, 3.8) is 0 Å². The highest BCUT2D eigenvalue weighted by atomic mass is 35.5. The van der Waals surface area contributed by atoms with E-state index in [1.165, 1.54) is 16.4 Å². The van der Waals surface area contributed by atoms with E-state index in [0.717, 1.165) is 17.7 Å². The molecule has 0 saturated heterocycles. The topological polar surface area (TPSA) is 46.6 Å². The molecule has 0 aliphatic heterocycles. The zero-order valence-corrected chi connectivity index (χ0v) is 16.0. The molecule has 0 atom stereocenters. The minimum Gasteiger partial charge on any atom is -0.497 e. The van der Waals surface area contributed by atoms with Gasteiger partial charge in [0.15, 0.2) is 0 Å². The van der Waals surface area contributed by atoms with Crippen LogP contribution in [-0.2, 0) is 16.6 Å². The average molecular weight is 406 g/mol. The Morgan fingerprint density at radius 1 is 0.926 bits per heavy atom. The van der Waals surface area contributed by atoms with Gasteiger partial charge in [0.2, 0.25) is 0 Å². The van der Waals surface area contributed by atoms with Gasteiger partial charge < -0.3 is 4.74 Å². The summed E-state index contributed by atoms with van der Waals surface area (Å²) in [5.74, 6) is 0.181. The van der Waals surface area contributed by atoms with Crippen molar-refractivity contribution in [3.8, 4) is 5.75 Å². The Bertz CT molecular complexity index is 1000. The molecule has 27 heavy (non-hydrogen) atoms. The highest BCUT2D eigenvalue weighted by molar-refractivity contribution is 7.92. The summed E-state index contributed by atoms with van der Waals surface area (Å²) in [6.07, 6.45) is 0. The maximum atomic E-state index is 13.2. The fourth-order valence-electron chi connectivity index (χ4n) is 2.55. The van der Waals surface area contributed by atoms with Crippen molar-refractivity contribution >= 4 is 27.3 Å². The molecule has 0 unspecified atom stereocenters. The van der Waals surface area contributed by atoms with Gasteiger partial charge in [0, 0.05) is 5.02 Å². The Morgan fingerprint density at radius 2 is 1.52 bits per heavy atom. The predicted molar refractivity (Wildman–Crippen MR) is 104 cm³/mol. The summed E-state index contributed by atoms with van der Waals surface area (Å²) in [5, 5.41) is 0.502. The number of ether oxygens (including phenoxy) is 1. The van der Waals surface area contributed by atoms with Crippen molar-refractivity contribution in [2.45, 2.75) is 11.4 Å². The first-order chi connectivity index (χ1) is 12.9. The van der Waals surface area contributed by atoms with Crippen LogP contribution in [0.25, 0.3) is 0 Å². The molecular weight excluding hydrogens is 389 g/mol.